The Hall–Kier alpha value is -2.08. The molecule has 0 radical (unpaired) electrons. The van der Waals surface area contributed by atoms with Gasteiger partial charge in [-0.1, -0.05) is 53.2 Å². The molecule has 23 nitrogen and oxygen atoms in total. The molecule has 4 heterocycles. The molecule has 12 N–H and O–H groups in total. The van der Waals surface area contributed by atoms with Crippen molar-refractivity contribution in [1.29, 1.82) is 0 Å². The van der Waals surface area contributed by atoms with E-state index in [-0.39, 0.29) is 35.2 Å². The minimum Gasteiger partial charge on any atom is -0.454 e. The number of aliphatic hydroxyl groups excluding tert-OH is 11. The first-order chi connectivity index (χ1) is 36.0. The van der Waals surface area contributed by atoms with Gasteiger partial charge < -0.3 is 104 Å². The number of hydrogen-bond donors (Lipinski definition) is 12. The van der Waals surface area contributed by atoms with Crippen LogP contribution in [0.15, 0.2) is 11.6 Å². The number of ether oxygens (including phenoxy) is 9. The number of rotatable bonds is 11. The zero-order valence-electron chi connectivity index (χ0n) is 45.4. The van der Waals surface area contributed by atoms with Crippen LogP contribution in [0.25, 0.3) is 0 Å². The summed E-state index contributed by atoms with van der Waals surface area (Å²) < 4.78 is 53.9. The second-order valence-electron chi connectivity index (χ2n) is 25.6. The average Bonchev–Trinajstić information content (AvgIpc) is 3.50. The van der Waals surface area contributed by atoms with Gasteiger partial charge in [-0.15, -0.1) is 0 Å². The van der Waals surface area contributed by atoms with E-state index in [1.807, 2.05) is 6.92 Å². The van der Waals surface area contributed by atoms with Crippen LogP contribution in [0.4, 0.5) is 0 Å². The molecular formula is C54H86O23. The van der Waals surface area contributed by atoms with E-state index >= 15 is 0 Å². The molecule has 9 aliphatic rings. The Bertz CT molecular complexity index is 2160. The zero-order chi connectivity index (χ0) is 56.3. The predicted octanol–water partition coefficient (Wildman–Crippen LogP) is -1.22. The first kappa shape index (κ1) is 59.5. The number of aliphatic hydroxyl groups is 12. The van der Waals surface area contributed by atoms with Crippen molar-refractivity contribution < 1.29 is 113 Å². The van der Waals surface area contributed by atoms with Crippen LogP contribution in [0.3, 0.4) is 0 Å². The normalized spacial score (nSPS) is 53.6. The maximum Gasteiger partial charge on any atom is 0.315 e. The van der Waals surface area contributed by atoms with Crippen LogP contribution in [0, 0.1) is 50.7 Å². The van der Waals surface area contributed by atoms with E-state index in [0.29, 0.717) is 38.5 Å². The third kappa shape index (κ3) is 9.66. The van der Waals surface area contributed by atoms with Crippen LogP contribution in [-0.4, -0.2) is 222 Å². The molecule has 0 bridgehead atoms. The van der Waals surface area contributed by atoms with Gasteiger partial charge in [0.1, 0.15) is 79.4 Å². The summed E-state index contributed by atoms with van der Waals surface area (Å²) in [5.74, 6) is -2.05. The van der Waals surface area contributed by atoms with Crippen LogP contribution in [0.5, 0.6) is 0 Å². The van der Waals surface area contributed by atoms with Crippen LogP contribution < -0.4 is 0 Å². The highest BCUT2D eigenvalue weighted by Crippen LogP contribution is 2.76. The first-order valence-electron chi connectivity index (χ1n) is 27.7. The number of allylic oxidation sites excluding steroid dienone is 1. The Balaban J connectivity index is 0.955. The van der Waals surface area contributed by atoms with Gasteiger partial charge in [-0.25, -0.2) is 0 Å². The van der Waals surface area contributed by atoms with E-state index in [4.69, 9.17) is 42.6 Å². The lowest BCUT2D eigenvalue weighted by atomic mass is 9.33. The third-order valence-corrected chi connectivity index (χ3v) is 21.3. The van der Waals surface area contributed by atoms with Crippen LogP contribution in [-0.2, 0) is 52.2 Å². The maximum atomic E-state index is 14.8. The Labute approximate surface area is 448 Å². The number of esters is 2. The van der Waals surface area contributed by atoms with E-state index in [9.17, 15) is 70.9 Å². The fraction of sp³-hybridized carbons (Fsp3) is 0.926. The largest absolute Gasteiger partial charge is 0.454 e. The molecular weight excluding hydrogens is 1020 g/mol. The topological polar surface area (TPSA) is 360 Å². The van der Waals surface area contributed by atoms with E-state index in [1.54, 1.807) is 6.92 Å². The smallest absolute Gasteiger partial charge is 0.315 e. The van der Waals surface area contributed by atoms with Crippen molar-refractivity contribution in [3.8, 4) is 0 Å². The summed E-state index contributed by atoms with van der Waals surface area (Å²) in [4.78, 5) is 27.7. The Morgan fingerprint density at radius 3 is 1.88 bits per heavy atom. The first-order valence-corrected chi connectivity index (χ1v) is 27.7. The molecule has 23 heteroatoms. The van der Waals surface area contributed by atoms with Crippen molar-refractivity contribution in [2.45, 2.75) is 235 Å². The van der Waals surface area contributed by atoms with Gasteiger partial charge in [0.05, 0.1) is 43.5 Å². The molecule has 0 spiro atoms. The van der Waals surface area contributed by atoms with Gasteiger partial charge in [-0.2, -0.15) is 0 Å². The predicted molar refractivity (Wildman–Crippen MR) is 262 cm³/mol. The van der Waals surface area contributed by atoms with Crippen molar-refractivity contribution in [3.63, 3.8) is 0 Å². The third-order valence-electron chi connectivity index (χ3n) is 21.3. The van der Waals surface area contributed by atoms with E-state index in [2.05, 4.69) is 40.7 Å². The molecule has 2 unspecified atom stereocenters. The summed E-state index contributed by atoms with van der Waals surface area (Å²) in [5, 5.41) is 129. The summed E-state index contributed by atoms with van der Waals surface area (Å²) in [6.07, 6.45) is -21.6. The summed E-state index contributed by atoms with van der Waals surface area (Å²) >= 11 is 0. The SMILES string of the molecule is CC(=O)O[C@H]1[C@@H](O[C@H]2CC[C@@]3(C)C(CC[C@]4(C)[C@@H]3CC=C3C5[C@](C(=O)O[C@@H]6O[C@H](CO)[C@@H](O)[C@H](O)[C@H]6O)(CC[C@@H](C)[C@@]5(C)O)CC[C@]34C)C2(C)C)OC[C@H](O)[C@@H]1O[C@@H]1O[C@H](CO)[C@@H](O)[C@H](O)[C@H]1O[C@@H]1OC[C@@H](O)[C@H](O)[C@H]1O. The van der Waals surface area contributed by atoms with E-state index in [1.165, 1.54) is 6.92 Å². The maximum absolute atomic E-state index is 14.8. The standard InChI is InChI=1S/C54H86O23/c1-23-11-16-54(48(67)77-45-39(66)36(63)34(61)28(19-55)72-45)18-17-51(6)25(43(54)53(23,8)68)9-10-31-50(5)14-13-32(49(3,4)30(50)12-15-52(31,51)7)74-46-42(71-24(2)57)40(27(59)22-70-46)75-47-41(37(64)35(62)29(20-56)73-47)76-44-38(65)33(60)26(58)21-69-44/h9,23,26-47,55-56,58-66,68H,10-22H2,1-8H3/t23-,26-,27+,28-,29-,30?,31-,32+,33+,34-,35-,36+,37+,38-,39-,40+,41-,42-,43?,44+,45+,46-,47+,50+,51-,52-,53-,54+/m1/s1. The van der Waals surface area contributed by atoms with Gasteiger partial charge in [0.25, 0.3) is 0 Å². The molecule has 0 amide bonds. The molecule has 8 fully saturated rings. The molecule has 4 saturated carbocycles. The quantitative estimate of drug-likeness (QED) is 0.0656. The lowest BCUT2D eigenvalue weighted by Gasteiger charge is -2.72. The second kappa shape index (κ2) is 21.6. The molecule has 0 aromatic carbocycles. The van der Waals surface area contributed by atoms with Gasteiger partial charge >= 0.3 is 11.9 Å². The molecule has 0 aromatic heterocycles. The monoisotopic (exact) mass is 1100 g/mol. The van der Waals surface area contributed by atoms with Gasteiger partial charge in [-0.05, 0) is 104 Å². The Morgan fingerprint density at radius 1 is 0.610 bits per heavy atom. The van der Waals surface area contributed by atoms with Crippen molar-refractivity contribution >= 4 is 11.9 Å². The van der Waals surface area contributed by atoms with Crippen LogP contribution in [0.2, 0.25) is 0 Å². The highest BCUT2D eigenvalue weighted by atomic mass is 16.8. The molecule has 4 aliphatic heterocycles. The highest BCUT2D eigenvalue weighted by Gasteiger charge is 2.72. The molecule has 28 atom stereocenters. The number of carbonyl (C=O) groups excluding carboxylic acids is 2. The molecule has 0 aromatic rings. The average molecular weight is 1100 g/mol. The fourth-order valence-electron chi connectivity index (χ4n) is 16.5. The van der Waals surface area contributed by atoms with Crippen LogP contribution in [0.1, 0.15) is 113 Å². The van der Waals surface area contributed by atoms with Gasteiger partial charge in [0.2, 0.25) is 6.29 Å². The van der Waals surface area contributed by atoms with E-state index < -0.39 is 176 Å². The summed E-state index contributed by atoms with van der Waals surface area (Å²) in [6, 6.07) is 0. The van der Waals surface area contributed by atoms with Crippen LogP contribution >= 0.6 is 0 Å². The summed E-state index contributed by atoms with van der Waals surface area (Å²) in [5.41, 5.74) is -3.12. The second-order valence-corrected chi connectivity index (χ2v) is 25.6. The molecule has 440 valence electrons. The summed E-state index contributed by atoms with van der Waals surface area (Å²) in [7, 11) is 0. The highest BCUT2D eigenvalue weighted by molar-refractivity contribution is 5.79. The lowest BCUT2D eigenvalue weighted by molar-refractivity contribution is -0.381. The van der Waals surface area contributed by atoms with Crippen molar-refractivity contribution in [1.82, 2.24) is 0 Å². The Morgan fingerprint density at radius 2 is 1.22 bits per heavy atom. The summed E-state index contributed by atoms with van der Waals surface area (Å²) in [6.45, 7) is 14.0. The zero-order valence-corrected chi connectivity index (χ0v) is 45.4. The number of carbonyl (C=O) groups is 2. The molecule has 5 aliphatic carbocycles. The molecule has 77 heavy (non-hydrogen) atoms. The minimum absolute atomic E-state index is 0.0849. The number of fused-ring (bicyclic) bond motifs is 7. The van der Waals surface area contributed by atoms with Gasteiger partial charge in [0.15, 0.2) is 25.0 Å². The van der Waals surface area contributed by atoms with Crippen molar-refractivity contribution in [2.24, 2.45) is 50.7 Å². The van der Waals surface area contributed by atoms with Gasteiger partial charge in [0, 0.05) is 12.8 Å². The molecule has 9 rings (SSSR count). The minimum atomic E-state index is -1.85. The van der Waals surface area contributed by atoms with Gasteiger partial charge in [-0.3, -0.25) is 9.59 Å². The number of hydrogen-bond acceptors (Lipinski definition) is 23. The van der Waals surface area contributed by atoms with Crippen molar-refractivity contribution in [3.05, 3.63) is 11.6 Å². The molecule has 4 saturated heterocycles. The fourth-order valence-corrected chi connectivity index (χ4v) is 16.5. The van der Waals surface area contributed by atoms with E-state index in [0.717, 1.165) is 24.8 Å². The lowest BCUT2D eigenvalue weighted by Crippen LogP contribution is -2.68. The van der Waals surface area contributed by atoms with Crippen molar-refractivity contribution in [2.75, 3.05) is 26.4 Å². The Kier molecular flexibility index (Phi) is 16.7.